The number of ether oxygens (including phenoxy) is 2. The zero-order valence-corrected chi connectivity index (χ0v) is 15.0. The Morgan fingerprint density at radius 1 is 1.20 bits per heavy atom. The number of rotatable bonds is 6. The fourth-order valence-corrected chi connectivity index (χ4v) is 2.56. The lowest BCUT2D eigenvalue weighted by Gasteiger charge is -2.03. The van der Waals surface area contributed by atoms with Gasteiger partial charge in [0.2, 0.25) is 5.82 Å². The lowest BCUT2D eigenvalue weighted by molar-refractivity contribution is -0.144. The predicted molar refractivity (Wildman–Crippen MR) is 93.9 cm³/mol. The number of carbonyl (C=O) groups is 1. The topological polar surface area (TPSA) is 74.5 Å². The van der Waals surface area contributed by atoms with E-state index in [0.29, 0.717) is 5.82 Å². The van der Waals surface area contributed by atoms with Gasteiger partial charge in [-0.3, -0.25) is 4.79 Å². The maximum absolute atomic E-state index is 11.9. The molecule has 3 rings (SSSR count). The summed E-state index contributed by atoms with van der Waals surface area (Å²) < 4.78 is 16.3. The molecule has 0 saturated heterocycles. The minimum atomic E-state index is -0.368. The molecule has 0 spiro atoms. The van der Waals surface area contributed by atoms with Gasteiger partial charge in [0.15, 0.2) is 6.61 Å². The molecule has 128 valence electrons. The maximum Gasteiger partial charge on any atom is 0.310 e. The van der Waals surface area contributed by atoms with E-state index < -0.39 is 0 Å². The highest BCUT2D eigenvalue weighted by molar-refractivity contribution is 9.10. The molecule has 0 amide bonds. The summed E-state index contributed by atoms with van der Waals surface area (Å²) in [6.45, 7) is -0.0595. The molecular weight excluding hydrogens is 388 g/mol. The van der Waals surface area contributed by atoms with E-state index in [-0.39, 0.29) is 24.9 Å². The van der Waals surface area contributed by atoms with Gasteiger partial charge in [-0.25, -0.2) is 0 Å². The number of methoxy groups -OCH3 is 1. The summed E-state index contributed by atoms with van der Waals surface area (Å²) in [6, 6.07) is 14.8. The van der Waals surface area contributed by atoms with E-state index in [1.807, 2.05) is 36.4 Å². The van der Waals surface area contributed by atoms with Crippen LogP contribution in [0, 0.1) is 0 Å². The van der Waals surface area contributed by atoms with Crippen molar-refractivity contribution in [3.63, 3.8) is 0 Å². The standard InChI is InChI=1S/C18H15BrN2O4/c1-23-15-7-5-12(6-8-15)9-17(22)24-11-16-20-18(21-25-16)13-3-2-4-14(19)10-13/h2-8,10H,9,11H2,1H3. The molecule has 0 unspecified atom stereocenters. The molecule has 0 aliphatic rings. The monoisotopic (exact) mass is 402 g/mol. The summed E-state index contributed by atoms with van der Waals surface area (Å²) in [5, 5.41) is 3.90. The second kappa shape index (κ2) is 7.94. The van der Waals surface area contributed by atoms with Crippen molar-refractivity contribution < 1.29 is 18.8 Å². The summed E-state index contributed by atoms with van der Waals surface area (Å²) in [4.78, 5) is 16.1. The first-order valence-electron chi connectivity index (χ1n) is 7.51. The Hall–Kier alpha value is -2.67. The van der Waals surface area contributed by atoms with Gasteiger partial charge < -0.3 is 14.0 Å². The van der Waals surface area contributed by atoms with Crippen LogP contribution >= 0.6 is 15.9 Å². The first-order chi connectivity index (χ1) is 12.1. The molecular formula is C18H15BrN2O4. The average Bonchev–Trinajstić information content (AvgIpc) is 3.10. The quantitative estimate of drug-likeness (QED) is 0.583. The van der Waals surface area contributed by atoms with Gasteiger partial charge in [0.1, 0.15) is 5.75 Å². The third kappa shape index (κ3) is 4.67. The summed E-state index contributed by atoms with van der Waals surface area (Å²) >= 11 is 3.39. The highest BCUT2D eigenvalue weighted by Gasteiger charge is 2.12. The second-order valence-electron chi connectivity index (χ2n) is 5.21. The van der Waals surface area contributed by atoms with Crippen LogP contribution in [0.4, 0.5) is 0 Å². The van der Waals surface area contributed by atoms with Crippen LogP contribution in [0.5, 0.6) is 5.75 Å². The fraction of sp³-hybridized carbons (Fsp3) is 0.167. The molecule has 0 aliphatic carbocycles. The number of hydrogen-bond acceptors (Lipinski definition) is 6. The Bertz CT molecular complexity index is 862. The van der Waals surface area contributed by atoms with Gasteiger partial charge in [-0.1, -0.05) is 45.4 Å². The molecule has 7 heteroatoms. The lowest BCUT2D eigenvalue weighted by atomic mass is 10.1. The van der Waals surface area contributed by atoms with Crippen LogP contribution in [0.3, 0.4) is 0 Å². The Morgan fingerprint density at radius 3 is 2.72 bits per heavy atom. The average molecular weight is 403 g/mol. The third-order valence-corrected chi connectivity index (χ3v) is 3.91. The largest absolute Gasteiger partial charge is 0.497 e. The molecule has 0 aliphatic heterocycles. The third-order valence-electron chi connectivity index (χ3n) is 3.42. The van der Waals surface area contributed by atoms with Crippen molar-refractivity contribution >= 4 is 21.9 Å². The van der Waals surface area contributed by atoms with Gasteiger partial charge in [0, 0.05) is 10.0 Å². The van der Waals surface area contributed by atoms with Crippen LogP contribution in [-0.4, -0.2) is 23.2 Å². The molecule has 0 N–H and O–H groups in total. The molecule has 6 nitrogen and oxygen atoms in total. The Labute approximate surface area is 152 Å². The van der Waals surface area contributed by atoms with Crippen molar-refractivity contribution in [1.82, 2.24) is 10.1 Å². The molecule has 0 bridgehead atoms. The number of aromatic nitrogens is 2. The Morgan fingerprint density at radius 2 is 2.00 bits per heavy atom. The van der Waals surface area contributed by atoms with Crippen molar-refractivity contribution in [3.05, 3.63) is 64.5 Å². The Kier molecular flexibility index (Phi) is 5.45. The van der Waals surface area contributed by atoms with Gasteiger partial charge in [0.05, 0.1) is 13.5 Å². The zero-order valence-electron chi connectivity index (χ0n) is 13.4. The SMILES string of the molecule is COc1ccc(CC(=O)OCc2nc(-c3cccc(Br)c3)no2)cc1. The second-order valence-corrected chi connectivity index (χ2v) is 6.12. The summed E-state index contributed by atoms with van der Waals surface area (Å²) in [7, 11) is 1.59. The summed E-state index contributed by atoms with van der Waals surface area (Å²) in [5.74, 6) is 1.07. The molecule has 3 aromatic rings. The molecule has 0 saturated carbocycles. The van der Waals surface area contributed by atoms with Crippen molar-refractivity contribution in [2.75, 3.05) is 7.11 Å². The van der Waals surface area contributed by atoms with Gasteiger partial charge in [-0.05, 0) is 29.8 Å². The highest BCUT2D eigenvalue weighted by atomic mass is 79.9. The number of esters is 1. The predicted octanol–water partition coefficient (Wildman–Crippen LogP) is 3.79. The van der Waals surface area contributed by atoms with E-state index in [2.05, 4.69) is 26.1 Å². The lowest BCUT2D eigenvalue weighted by Crippen LogP contribution is -2.08. The van der Waals surface area contributed by atoms with Crippen LogP contribution in [0.25, 0.3) is 11.4 Å². The van der Waals surface area contributed by atoms with Gasteiger partial charge >= 0.3 is 5.97 Å². The van der Waals surface area contributed by atoms with Gasteiger partial charge in [0.25, 0.3) is 5.89 Å². The van der Waals surface area contributed by atoms with Gasteiger partial charge in [-0.2, -0.15) is 4.98 Å². The summed E-state index contributed by atoms with van der Waals surface area (Å²) in [6.07, 6.45) is 0.163. The first kappa shape index (κ1) is 17.2. The first-order valence-corrected chi connectivity index (χ1v) is 8.30. The molecule has 1 aromatic heterocycles. The molecule has 1 heterocycles. The minimum absolute atomic E-state index is 0.0595. The number of halogens is 1. The smallest absolute Gasteiger partial charge is 0.310 e. The minimum Gasteiger partial charge on any atom is -0.497 e. The molecule has 0 radical (unpaired) electrons. The van der Waals surface area contributed by atoms with Crippen molar-refractivity contribution in [2.24, 2.45) is 0 Å². The van der Waals surface area contributed by atoms with Crippen LogP contribution in [0.15, 0.2) is 57.5 Å². The van der Waals surface area contributed by atoms with Crippen molar-refractivity contribution in [3.8, 4) is 17.1 Å². The fourth-order valence-electron chi connectivity index (χ4n) is 2.16. The number of nitrogens with zero attached hydrogens (tertiary/aromatic N) is 2. The Balaban J connectivity index is 1.55. The van der Waals surface area contributed by atoms with Crippen molar-refractivity contribution in [2.45, 2.75) is 13.0 Å². The zero-order chi connectivity index (χ0) is 17.6. The molecule has 0 atom stereocenters. The van der Waals surface area contributed by atoms with Crippen LogP contribution in [0.2, 0.25) is 0 Å². The van der Waals surface area contributed by atoms with E-state index in [4.69, 9.17) is 14.0 Å². The normalized spacial score (nSPS) is 10.5. The highest BCUT2D eigenvalue weighted by Crippen LogP contribution is 2.20. The van der Waals surface area contributed by atoms with E-state index in [9.17, 15) is 4.79 Å². The van der Waals surface area contributed by atoms with E-state index in [1.54, 1.807) is 19.2 Å². The van der Waals surface area contributed by atoms with Crippen LogP contribution in [-0.2, 0) is 22.6 Å². The number of benzene rings is 2. The van der Waals surface area contributed by atoms with Crippen LogP contribution in [0.1, 0.15) is 11.5 Å². The molecule has 25 heavy (non-hydrogen) atoms. The van der Waals surface area contributed by atoms with Gasteiger partial charge in [-0.15, -0.1) is 0 Å². The number of carbonyl (C=O) groups excluding carboxylic acids is 1. The number of hydrogen-bond donors (Lipinski definition) is 0. The molecule has 2 aromatic carbocycles. The van der Waals surface area contributed by atoms with Crippen LogP contribution < -0.4 is 4.74 Å². The van der Waals surface area contributed by atoms with E-state index in [1.165, 1.54) is 0 Å². The maximum atomic E-state index is 11.9. The van der Waals surface area contributed by atoms with E-state index in [0.717, 1.165) is 21.3 Å². The van der Waals surface area contributed by atoms with Crippen molar-refractivity contribution in [1.29, 1.82) is 0 Å². The van der Waals surface area contributed by atoms with E-state index >= 15 is 0 Å². The summed E-state index contributed by atoms with van der Waals surface area (Å²) in [5.41, 5.74) is 1.65. The molecule has 0 fully saturated rings.